The van der Waals surface area contributed by atoms with E-state index in [1.807, 2.05) is 24.3 Å². The van der Waals surface area contributed by atoms with Crippen molar-refractivity contribution in [1.82, 2.24) is 0 Å². The number of benzene rings is 2. The van der Waals surface area contributed by atoms with Gasteiger partial charge in [0.25, 0.3) is 0 Å². The normalized spacial score (nSPS) is 14.9. The quantitative estimate of drug-likeness (QED) is 0.564. The number of hydrogen-bond donors (Lipinski definition) is 1. The molecule has 23 heavy (non-hydrogen) atoms. The van der Waals surface area contributed by atoms with Crippen LogP contribution in [0.4, 0.5) is 13.2 Å². The third kappa shape index (κ3) is 3.03. The van der Waals surface area contributed by atoms with Gasteiger partial charge in [0.05, 0.1) is 5.56 Å². The summed E-state index contributed by atoms with van der Waals surface area (Å²) in [6, 6.07) is 12.3. The monoisotopic (exact) mass is 400 g/mol. The number of aliphatic hydroxyl groups is 1. The van der Waals surface area contributed by atoms with Gasteiger partial charge in [-0.1, -0.05) is 24.3 Å². The molecule has 0 aliphatic heterocycles. The molecule has 0 radical (unpaired) electrons. The molecule has 0 spiro atoms. The van der Waals surface area contributed by atoms with Crippen LogP contribution in [-0.4, -0.2) is 5.11 Å². The maximum Gasteiger partial charge on any atom is 0.416 e. The lowest BCUT2D eigenvalue weighted by molar-refractivity contribution is -0.137. The zero-order valence-corrected chi connectivity index (χ0v) is 14.4. The molecule has 1 N–H and O–H groups in total. The molecule has 1 nitrogen and oxygen atoms in total. The SMILES string of the molecule is CC(O)(c1cccc(C(F)(F)F)c1)c1cc2cccc(Br)c2s1. The van der Waals surface area contributed by atoms with Crippen LogP contribution in [0.1, 0.15) is 22.9 Å². The largest absolute Gasteiger partial charge is 0.416 e. The van der Waals surface area contributed by atoms with Crippen molar-refractivity contribution in [2.45, 2.75) is 18.7 Å². The van der Waals surface area contributed by atoms with Crippen LogP contribution in [-0.2, 0) is 11.8 Å². The van der Waals surface area contributed by atoms with Crippen molar-refractivity contribution in [3.05, 3.63) is 69.0 Å². The van der Waals surface area contributed by atoms with E-state index in [4.69, 9.17) is 0 Å². The fourth-order valence-corrected chi connectivity index (χ4v) is 4.17. The molecule has 0 fully saturated rings. The molecule has 1 aromatic heterocycles. The molecule has 1 atom stereocenters. The molecule has 120 valence electrons. The minimum absolute atomic E-state index is 0.218. The van der Waals surface area contributed by atoms with Gasteiger partial charge in [-0.2, -0.15) is 13.2 Å². The van der Waals surface area contributed by atoms with E-state index < -0.39 is 17.3 Å². The molecule has 1 heterocycles. The predicted molar refractivity (Wildman–Crippen MR) is 89.6 cm³/mol. The topological polar surface area (TPSA) is 20.2 Å². The Labute approximate surface area is 143 Å². The Kier molecular flexibility index (Phi) is 4.02. The van der Waals surface area contributed by atoms with E-state index in [0.717, 1.165) is 26.7 Å². The Morgan fingerprint density at radius 2 is 1.65 bits per heavy atom. The lowest BCUT2D eigenvalue weighted by Gasteiger charge is -2.23. The predicted octanol–water partition coefficient (Wildman–Crippen LogP) is 5.94. The average molecular weight is 401 g/mol. The number of fused-ring (bicyclic) bond motifs is 1. The number of hydrogen-bond acceptors (Lipinski definition) is 2. The van der Waals surface area contributed by atoms with Crippen LogP contribution >= 0.6 is 27.3 Å². The summed E-state index contributed by atoms with van der Waals surface area (Å²) in [5.41, 5.74) is -2.04. The molecule has 0 aliphatic carbocycles. The molecule has 0 saturated heterocycles. The second kappa shape index (κ2) is 5.61. The number of alkyl halides is 3. The average Bonchev–Trinajstić information content (AvgIpc) is 2.93. The lowest BCUT2D eigenvalue weighted by atomic mass is 9.92. The van der Waals surface area contributed by atoms with Gasteiger partial charge in [-0.15, -0.1) is 11.3 Å². The van der Waals surface area contributed by atoms with Gasteiger partial charge in [0.1, 0.15) is 5.60 Å². The van der Waals surface area contributed by atoms with Gasteiger partial charge in [0, 0.05) is 14.0 Å². The molecule has 1 unspecified atom stereocenters. The molecular formula is C17H12BrF3OS. The highest BCUT2D eigenvalue weighted by Crippen LogP contribution is 2.41. The third-order valence-corrected chi connectivity index (χ3v) is 6.05. The summed E-state index contributed by atoms with van der Waals surface area (Å²) in [6.07, 6.45) is -4.44. The Morgan fingerprint density at radius 3 is 2.30 bits per heavy atom. The van der Waals surface area contributed by atoms with Crippen molar-refractivity contribution >= 4 is 37.4 Å². The van der Waals surface area contributed by atoms with E-state index in [9.17, 15) is 18.3 Å². The summed E-state index contributed by atoms with van der Waals surface area (Å²) in [5.74, 6) is 0. The van der Waals surface area contributed by atoms with Gasteiger partial charge in [-0.3, -0.25) is 0 Å². The summed E-state index contributed by atoms with van der Waals surface area (Å²) in [4.78, 5) is 0.596. The molecule has 2 aromatic carbocycles. The number of halogens is 4. The first-order valence-electron chi connectivity index (χ1n) is 6.78. The van der Waals surface area contributed by atoms with E-state index in [1.165, 1.54) is 30.4 Å². The van der Waals surface area contributed by atoms with Crippen molar-refractivity contribution in [1.29, 1.82) is 0 Å². The van der Waals surface area contributed by atoms with E-state index in [0.29, 0.717) is 4.88 Å². The van der Waals surface area contributed by atoms with Crippen LogP contribution in [0.2, 0.25) is 0 Å². The van der Waals surface area contributed by atoms with Crippen molar-refractivity contribution in [3.63, 3.8) is 0 Å². The lowest BCUT2D eigenvalue weighted by Crippen LogP contribution is -2.22. The van der Waals surface area contributed by atoms with Crippen LogP contribution in [0.25, 0.3) is 10.1 Å². The highest BCUT2D eigenvalue weighted by atomic mass is 79.9. The highest BCUT2D eigenvalue weighted by molar-refractivity contribution is 9.10. The minimum Gasteiger partial charge on any atom is -0.380 e. The summed E-state index contributed by atoms with van der Waals surface area (Å²) < 4.78 is 40.5. The van der Waals surface area contributed by atoms with E-state index in [-0.39, 0.29) is 5.56 Å². The van der Waals surface area contributed by atoms with E-state index in [2.05, 4.69) is 15.9 Å². The van der Waals surface area contributed by atoms with Crippen LogP contribution in [0.5, 0.6) is 0 Å². The molecule has 0 amide bonds. The Morgan fingerprint density at radius 1 is 1.00 bits per heavy atom. The van der Waals surface area contributed by atoms with Crippen molar-refractivity contribution in [3.8, 4) is 0 Å². The Hall–Kier alpha value is -1.37. The maximum absolute atomic E-state index is 12.9. The first-order valence-corrected chi connectivity index (χ1v) is 8.39. The molecule has 6 heteroatoms. The fourth-order valence-electron chi connectivity index (χ4n) is 2.41. The summed E-state index contributed by atoms with van der Waals surface area (Å²) in [5, 5.41) is 11.8. The zero-order chi connectivity index (χ0) is 16.8. The molecule has 0 bridgehead atoms. The van der Waals surface area contributed by atoms with Gasteiger partial charge in [-0.25, -0.2) is 0 Å². The zero-order valence-electron chi connectivity index (χ0n) is 12.0. The standard InChI is InChI=1S/C17H12BrF3OS/c1-16(22,11-5-3-6-12(9-11)17(19,20)21)14-8-10-4-2-7-13(18)15(10)23-14/h2-9,22H,1H3. The van der Waals surface area contributed by atoms with Crippen LogP contribution < -0.4 is 0 Å². The summed E-state index contributed by atoms with van der Waals surface area (Å²) >= 11 is 4.81. The second-order valence-electron chi connectivity index (χ2n) is 5.42. The number of rotatable bonds is 2. The molecule has 3 aromatic rings. The molecular weight excluding hydrogens is 389 g/mol. The summed E-state index contributed by atoms with van der Waals surface area (Å²) in [6.45, 7) is 1.51. The van der Waals surface area contributed by atoms with Crippen LogP contribution in [0.3, 0.4) is 0 Å². The van der Waals surface area contributed by atoms with Crippen molar-refractivity contribution in [2.24, 2.45) is 0 Å². The van der Waals surface area contributed by atoms with Gasteiger partial charge >= 0.3 is 6.18 Å². The second-order valence-corrected chi connectivity index (χ2v) is 7.33. The fraction of sp³-hybridized carbons (Fsp3) is 0.176. The highest BCUT2D eigenvalue weighted by Gasteiger charge is 2.34. The van der Waals surface area contributed by atoms with Gasteiger partial charge in [-0.05, 0) is 58.1 Å². The maximum atomic E-state index is 12.9. The number of thiophene rings is 1. The van der Waals surface area contributed by atoms with Crippen LogP contribution in [0.15, 0.2) is 53.0 Å². The van der Waals surface area contributed by atoms with Crippen LogP contribution in [0, 0.1) is 0 Å². The minimum atomic E-state index is -4.44. The van der Waals surface area contributed by atoms with E-state index in [1.54, 1.807) is 0 Å². The van der Waals surface area contributed by atoms with Gasteiger partial charge in [0.15, 0.2) is 0 Å². The van der Waals surface area contributed by atoms with E-state index >= 15 is 0 Å². The molecule has 0 saturated carbocycles. The van der Waals surface area contributed by atoms with Crippen molar-refractivity contribution < 1.29 is 18.3 Å². The Balaban J connectivity index is 2.11. The van der Waals surface area contributed by atoms with Crippen molar-refractivity contribution in [2.75, 3.05) is 0 Å². The Bertz CT molecular complexity index is 868. The summed E-state index contributed by atoms with van der Waals surface area (Å²) in [7, 11) is 0. The molecule has 0 aliphatic rings. The smallest absolute Gasteiger partial charge is 0.380 e. The molecule has 3 rings (SSSR count). The van der Waals surface area contributed by atoms with Gasteiger partial charge in [0.2, 0.25) is 0 Å². The first-order chi connectivity index (χ1) is 10.7. The first kappa shape index (κ1) is 16.5. The third-order valence-electron chi connectivity index (χ3n) is 3.73. The van der Waals surface area contributed by atoms with Gasteiger partial charge < -0.3 is 5.11 Å².